The normalized spacial score (nSPS) is 22.1. The molecule has 0 aromatic heterocycles. The van der Waals surface area contributed by atoms with Crippen molar-refractivity contribution in [3.8, 4) is 5.75 Å². The summed E-state index contributed by atoms with van der Waals surface area (Å²) in [5.74, 6) is 0.0800. The Kier molecular flexibility index (Phi) is 7.07. The van der Waals surface area contributed by atoms with E-state index >= 15 is 0 Å². The molecule has 3 rings (SSSR count). The van der Waals surface area contributed by atoms with E-state index in [1.54, 1.807) is 21.9 Å². The smallest absolute Gasteiger partial charge is 0.251 e. The molecule has 1 unspecified atom stereocenters. The molecule has 0 radical (unpaired) electrons. The lowest BCUT2D eigenvalue weighted by Gasteiger charge is -2.38. The molecule has 162 valence electrons. The molecule has 0 N–H and O–H groups in total. The van der Waals surface area contributed by atoms with Crippen molar-refractivity contribution in [3.63, 3.8) is 0 Å². The number of nitrogens with zero attached hydrogens (tertiary/aromatic N) is 3. The highest BCUT2D eigenvalue weighted by molar-refractivity contribution is 7.89. The maximum absolute atomic E-state index is 13.0. The van der Waals surface area contributed by atoms with E-state index in [1.165, 1.54) is 23.5 Å². The fourth-order valence-corrected chi connectivity index (χ4v) is 5.39. The van der Waals surface area contributed by atoms with E-state index in [2.05, 4.69) is 0 Å². The Morgan fingerprint density at radius 2 is 1.79 bits per heavy atom. The van der Waals surface area contributed by atoms with Gasteiger partial charge in [-0.2, -0.15) is 4.31 Å². The summed E-state index contributed by atoms with van der Waals surface area (Å²) in [6, 6.07) is 6.19. The van der Waals surface area contributed by atoms with Gasteiger partial charge in [0.15, 0.2) is 0 Å². The number of benzene rings is 1. The monoisotopic (exact) mass is 431 g/mol. The predicted octanol–water partition coefficient (Wildman–Crippen LogP) is 1.51. The summed E-state index contributed by atoms with van der Waals surface area (Å²) in [5.41, 5.74) is 0. The second-order valence-electron chi connectivity index (χ2n) is 7.39. The number of piperazine rings is 1. The van der Waals surface area contributed by atoms with Crippen molar-refractivity contribution in [2.24, 2.45) is 5.92 Å². The second kappa shape index (κ2) is 9.36. The molecule has 1 atom stereocenters. The molecule has 2 aliphatic rings. The van der Waals surface area contributed by atoms with Crippen LogP contribution in [0.25, 0.3) is 0 Å². The number of hydrogen-bond acceptors (Lipinski definition) is 5. The quantitative estimate of drug-likeness (QED) is 0.683. The highest BCUT2D eigenvalue weighted by Gasteiger charge is 2.36. The van der Waals surface area contributed by atoms with Crippen LogP contribution in [0, 0.1) is 5.92 Å². The third-order valence-electron chi connectivity index (χ3n) is 5.51. The van der Waals surface area contributed by atoms with Crippen molar-refractivity contribution in [3.05, 3.63) is 24.3 Å². The summed E-state index contributed by atoms with van der Waals surface area (Å²) in [5, 5.41) is 0. The number of alkyl halides is 2. The lowest BCUT2D eigenvalue weighted by Crippen LogP contribution is -2.53. The molecule has 2 fully saturated rings. The summed E-state index contributed by atoms with van der Waals surface area (Å²) in [6.07, 6.45) is -1.14. The van der Waals surface area contributed by atoms with E-state index in [0.29, 0.717) is 51.3 Å². The molecule has 1 amide bonds. The van der Waals surface area contributed by atoms with Crippen LogP contribution in [0.4, 0.5) is 8.78 Å². The molecule has 0 spiro atoms. The fraction of sp³-hybridized carbons (Fsp3) is 0.632. The topological polar surface area (TPSA) is 70.2 Å². The lowest BCUT2D eigenvalue weighted by atomic mass is 9.98. The van der Waals surface area contributed by atoms with Gasteiger partial charge in [0.25, 0.3) is 6.43 Å². The summed E-state index contributed by atoms with van der Waals surface area (Å²) in [4.78, 5) is 16.4. The van der Waals surface area contributed by atoms with E-state index in [-0.39, 0.29) is 23.9 Å². The van der Waals surface area contributed by atoms with Crippen molar-refractivity contribution in [2.75, 3.05) is 52.9 Å². The van der Waals surface area contributed by atoms with E-state index in [0.717, 1.165) is 0 Å². The molecule has 2 heterocycles. The first-order valence-corrected chi connectivity index (χ1v) is 11.2. The number of hydrogen-bond donors (Lipinski definition) is 0. The number of carbonyl (C=O) groups excluding carboxylic acids is 1. The minimum atomic E-state index is -3.69. The number of methoxy groups -OCH3 is 1. The largest absolute Gasteiger partial charge is 0.497 e. The van der Waals surface area contributed by atoms with Crippen LogP contribution in [0.5, 0.6) is 5.75 Å². The van der Waals surface area contributed by atoms with Crippen molar-refractivity contribution in [2.45, 2.75) is 24.2 Å². The minimum absolute atomic E-state index is 0.0867. The second-order valence-corrected chi connectivity index (χ2v) is 9.33. The van der Waals surface area contributed by atoms with Crippen LogP contribution >= 0.6 is 0 Å². The Morgan fingerprint density at radius 3 is 2.38 bits per heavy atom. The zero-order valence-electron chi connectivity index (χ0n) is 16.5. The van der Waals surface area contributed by atoms with Gasteiger partial charge in [0.2, 0.25) is 15.9 Å². The van der Waals surface area contributed by atoms with Gasteiger partial charge in [-0.15, -0.1) is 0 Å². The highest BCUT2D eigenvalue weighted by Crippen LogP contribution is 2.26. The summed E-state index contributed by atoms with van der Waals surface area (Å²) in [6.45, 7) is 1.86. The van der Waals surface area contributed by atoms with Crippen molar-refractivity contribution < 1.29 is 26.7 Å². The van der Waals surface area contributed by atoms with Crippen LogP contribution in [0.3, 0.4) is 0 Å². The van der Waals surface area contributed by atoms with Gasteiger partial charge in [-0.1, -0.05) is 0 Å². The predicted molar refractivity (Wildman–Crippen MR) is 104 cm³/mol. The van der Waals surface area contributed by atoms with Crippen LogP contribution < -0.4 is 4.74 Å². The van der Waals surface area contributed by atoms with Crippen molar-refractivity contribution in [1.29, 1.82) is 0 Å². The number of carbonyl (C=O) groups is 1. The van der Waals surface area contributed by atoms with Crippen LogP contribution in [0.2, 0.25) is 0 Å². The van der Waals surface area contributed by atoms with Crippen molar-refractivity contribution in [1.82, 2.24) is 14.1 Å². The zero-order chi connectivity index (χ0) is 21.0. The van der Waals surface area contributed by atoms with Crippen LogP contribution in [0.1, 0.15) is 12.8 Å². The van der Waals surface area contributed by atoms with Gasteiger partial charge >= 0.3 is 0 Å². The maximum atomic E-state index is 13.0. The third kappa shape index (κ3) is 5.23. The molecule has 29 heavy (non-hydrogen) atoms. The average molecular weight is 432 g/mol. The molecule has 2 aliphatic heterocycles. The maximum Gasteiger partial charge on any atom is 0.251 e. The Labute approximate surface area is 170 Å². The van der Waals surface area contributed by atoms with E-state index in [4.69, 9.17) is 4.74 Å². The SMILES string of the molecule is COc1ccc(S(=O)(=O)N2CCCC(C(=O)N3CCN(CC(F)F)CC3)C2)cc1. The average Bonchev–Trinajstić information content (AvgIpc) is 2.73. The highest BCUT2D eigenvalue weighted by atomic mass is 32.2. The molecule has 0 bridgehead atoms. The van der Waals surface area contributed by atoms with Crippen LogP contribution in [-0.2, 0) is 14.8 Å². The molecule has 2 saturated heterocycles. The first-order valence-electron chi connectivity index (χ1n) is 9.74. The minimum Gasteiger partial charge on any atom is -0.497 e. The van der Waals surface area contributed by atoms with Crippen molar-refractivity contribution >= 4 is 15.9 Å². The van der Waals surface area contributed by atoms with E-state index < -0.39 is 22.4 Å². The number of ether oxygens (including phenoxy) is 1. The molecule has 7 nitrogen and oxygen atoms in total. The van der Waals surface area contributed by atoms with E-state index in [1.807, 2.05) is 0 Å². The Balaban J connectivity index is 1.62. The van der Waals surface area contributed by atoms with Gasteiger partial charge in [-0.25, -0.2) is 17.2 Å². The molecule has 1 aromatic rings. The van der Waals surface area contributed by atoms with Gasteiger partial charge in [0, 0.05) is 39.3 Å². The van der Waals surface area contributed by atoms with Crippen LogP contribution in [0.15, 0.2) is 29.2 Å². The number of piperidine rings is 1. The molecule has 1 aromatic carbocycles. The summed E-state index contributed by atoms with van der Waals surface area (Å²) in [7, 11) is -2.18. The Hall–Kier alpha value is -1.78. The Bertz CT molecular complexity index is 796. The lowest BCUT2D eigenvalue weighted by molar-refractivity contribution is -0.138. The van der Waals surface area contributed by atoms with Crippen LogP contribution in [-0.4, -0.2) is 87.8 Å². The zero-order valence-corrected chi connectivity index (χ0v) is 17.3. The fourth-order valence-electron chi connectivity index (χ4n) is 3.86. The number of rotatable bonds is 6. The Morgan fingerprint density at radius 1 is 1.14 bits per heavy atom. The third-order valence-corrected chi connectivity index (χ3v) is 7.39. The number of sulfonamides is 1. The first-order chi connectivity index (χ1) is 13.8. The van der Waals surface area contributed by atoms with E-state index in [9.17, 15) is 22.0 Å². The molecule has 10 heteroatoms. The van der Waals surface area contributed by atoms with Gasteiger partial charge in [-0.05, 0) is 37.1 Å². The molecular formula is C19H27F2N3O4S. The molecule has 0 aliphatic carbocycles. The number of amides is 1. The first kappa shape index (κ1) is 21.9. The van der Waals surface area contributed by atoms with Gasteiger partial charge in [0.05, 0.1) is 24.5 Å². The molecule has 0 saturated carbocycles. The van der Waals surface area contributed by atoms with Gasteiger partial charge in [-0.3, -0.25) is 9.69 Å². The number of halogens is 2. The summed E-state index contributed by atoms with van der Waals surface area (Å²) < 4.78 is 57.4. The van der Waals surface area contributed by atoms with Gasteiger partial charge in [0.1, 0.15) is 5.75 Å². The van der Waals surface area contributed by atoms with Gasteiger partial charge < -0.3 is 9.64 Å². The summed E-state index contributed by atoms with van der Waals surface area (Å²) >= 11 is 0. The molecular weight excluding hydrogens is 404 g/mol. The standard InChI is InChI=1S/C19H27F2N3O4S/c1-28-16-4-6-17(7-5-16)29(26,27)24-8-2-3-15(13-24)19(25)23-11-9-22(10-12-23)14-18(20)21/h4-7,15,18H,2-3,8-14H2,1H3.